The van der Waals surface area contributed by atoms with Crippen molar-refractivity contribution in [3.05, 3.63) is 147 Å². The van der Waals surface area contributed by atoms with E-state index in [4.69, 9.17) is 63.4 Å². The summed E-state index contributed by atoms with van der Waals surface area (Å²) in [7, 11) is 0. The van der Waals surface area contributed by atoms with Crippen LogP contribution < -0.4 is 23.7 Å². The van der Waals surface area contributed by atoms with Gasteiger partial charge in [0.25, 0.3) is 0 Å². The maximum Gasteiger partial charge on any atom is 0.410 e. The largest absolute Gasteiger partial charge is 0.490 e. The first-order valence-electron chi connectivity index (χ1n) is 52.0. The molecule has 20 atom stereocenters. The molecule has 9 aliphatic rings. The van der Waals surface area contributed by atoms with Gasteiger partial charge in [0.2, 0.25) is 0 Å². The number of aromatic carboxylic acids is 1. The normalized spacial score (nSPS) is 24.8. The number of carbonyl (C=O) groups is 8. The number of esters is 1. The number of hydrogen-bond acceptors (Lipinski definition) is 20. The highest BCUT2D eigenvalue weighted by atomic mass is 16.6. The number of unbranched alkanes of at least 4 members (excludes halogenated alkanes) is 8. The highest BCUT2D eigenvalue weighted by molar-refractivity contribution is 5.90. The number of ether oxygens (including phenoxy) is 8. The number of amides is 1. The Labute approximate surface area is 815 Å². The van der Waals surface area contributed by atoms with Crippen LogP contribution in [0.1, 0.15) is 295 Å². The molecule has 1 heterocycles. The predicted octanol–water partition coefficient (Wildman–Crippen LogP) is 19.1. The molecule has 1 amide bonds. The Morgan fingerprint density at radius 2 is 0.652 bits per heavy atom. The molecule has 1 saturated heterocycles. The number of aliphatic hydroxyl groups is 4. The fraction of sp³-hybridized carbons (Fsp3) is 0.658. The standard InChI is InChI=1S/C30H45NO6.C30H38O7.C26H38O6.C25H36O7/c1-3-4-5-8-23(37-30(35)31-14-12-20(2)13-15-31)10-11-24-25-16-21-7-6-9-28(36-19-29(33)34)26(21)17-22(25)18-27(24)32;1-2-3-4-9-21(37-28-11-6-5-10-23(28)30(34)35)13-14-22-24-15-19-8-7-12-27(36-18-29(32)33)25(19)16-20(24)17-26(22)31;1-3-5-6-9-19(32-26(30)4-2)11-12-20-21-13-17-8-7-10-24(31-16-25(28)29)22(17)14-18(21)15-23(20)27;1-2-3-4-7-18(31-14-24(27)28)9-10-19-20-11-16-6-5-8-23(32-15-25(29)30)21(16)12-17(20)13-22(19)26/h6-7,9,20,22-25,27,32H,3-5,8,10-19H2,1-2H3,(H,33,34);5-8,10-12,20-22,24,26,31H,2-4,9,13-18H2,1H3,(H,32,33)(H,34,35);7-8,10,18-21,23,27H,3-6,9,11-16H2,1-2H3,(H,28,29);5-6,8,17-20,22,26H,2-4,7,9-15H2,1H3,(H,27,28)(H,29,30)/t22-,23-,24+,25-,27+;20-,21-,22+,24-,26+;18-,19-,20+,21-,23+;17-,18-,19+,20-,22+/m0000/s1. The lowest BCUT2D eigenvalue weighted by Crippen LogP contribution is -2.40. The van der Waals surface area contributed by atoms with Gasteiger partial charge in [-0.05, 0) is 344 Å². The molecule has 8 aliphatic carbocycles. The Bertz CT molecular complexity index is 4700. The summed E-state index contributed by atoms with van der Waals surface area (Å²) >= 11 is 0. The van der Waals surface area contributed by atoms with Crippen LogP contribution in [0.3, 0.4) is 0 Å². The number of para-hydroxylation sites is 1. The SMILES string of the molecule is CCCCC[C@@H](CC[C@@H]1[C@H]2Cc3cccc(OCC(=O)O)c3C[C@H]2C[C@H]1O)OC(=O)CC.CCCCC[C@@H](CC[C@@H]1[C@H]2Cc3cccc(OCC(=O)O)c3C[C@H]2C[C@H]1O)OC(=O)N1CCC(C)CC1.CCCCC[C@@H](CC[C@@H]1[C@H]2Cc3cccc(OCC(=O)O)c3C[C@H]2C[C@H]1O)OCC(=O)O.CCCCC[C@@H](CC[C@@H]1[C@H]2Cc3cccc(OCC(=O)O)c3C[C@H]2C[C@H]1O)Oc1ccccc1C(=O)O. The number of likely N-dealkylation sites (tertiary alicyclic amines) is 1. The van der Waals surface area contributed by atoms with Gasteiger partial charge in [-0.2, -0.15) is 0 Å². The molecule has 762 valence electrons. The summed E-state index contributed by atoms with van der Waals surface area (Å²) in [6, 6.07) is 30.2. The number of carboxylic acids is 6. The van der Waals surface area contributed by atoms with E-state index in [2.05, 4.69) is 58.9 Å². The fourth-order valence-corrected chi connectivity index (χ4v) is 24.2. The lowest BCUT2D eigenvalue weighted by Gasteiger charge is -2.33. The summed E-state index contributed by atoms with van der Waals surface area (Å²) in [4.78, 5) is 93.1. The van der Waals surface area contributed by atoms with E-state index in [9.17, 15) is 63.9 Å². The first-order valence-corrected chi connectivity index (χ1v) is 52.0. The first kappa shape index (κ1) is 109. The number of piperidine rings is 1. The summed E-state index contributed by atoms with van der Waals surface area (Å²) < 4.78 is 45.9. The number of carboxylic acid groups (broad SMARTS) is 6. The van der Waals surface area contributed by atoms with E-state index in [1.165, 1.54) is 22.3 Å². The van der Waals surface area contributed by atoms with Gasteiger partial charge < -0.3 is 93.9 Å². The summed E-state index contributed by atoms with van der Waals surface area (Å²) in [6.45, 7) is 12.6. The van der Waals surface area contributed by atoms with Crippen molar-refractivity contribution in [3.63, 3.8) is 0 Å². The van der Waals surface area contributed by atoms with Gasteiger partial charge in [-0.1, -0.05) is 160 Å². The molecule has 10 N–H and O–H groups in total. The number of hydrogen-bond donors (Lipinski definition) is 10. The predicted molar refractivity (Wildman–Crippen MR) is 521 cm³/mol. The van der Waals surface area contributed by atoms with Crippen molar-refractivity contribution in [3.8, 4) is 28.7 Å². The molecule has 5 aromatic rings. The second-order valence-corrected chi connectivity index (χ2v) is 40.8. The van der Waals surface area contributed by atoms with Gasteiger partial charge >= 0.3 is 47.9 Å². The van der Waals surface area contributed by atoms with Gasteiger partial charge in [-0.25, -0.2) is 33.6 Å². The third-order valence-corrected chi connectivity index (χ3v) is 31.3. The third-order valence-electron chi connectivity index (χ3n) is 31.3. The van der Waals surface area contributed by atoms with Crippen molar-refractivity contribution in [2.24, 2.45) is 76.9 Å². The maximum absolute atomic E-state index is 12.9. The van der Waals surface area contributed by atoms with Crippen molar-refractivity contribution in [2.75, 3.05) is 46.1 Å². The zero-order chi connectivity index (χ0) is 98.9. The molecule has 4 saturated carbocycles. The van der Waals surface area contributed by atoms with E-state index in [-0.39, 0.29) is 117 Å². The average Bonchev–Trinajstić information content (AvgIpc) is 1.62. The molecule has 0 spiro atoms. The Morgan fingerprint density at radius 3 is 0.978 bits per heavy atom. The van der Waals surface area contributed by atoms with Crippen LogP contribution in [-0.2, 0) is 94.3 Å². The lowest BCUT2D eigenvalue weighted by atomic mass is 9.73. The second-order valence-electron chi connectivity index (χ2n) is 40.8. The van der Waals surface area contributed by atoms with Crippen LogP contribution in [0.25, 0.3) is 0 Å². The number of nitrogens with zero attached hydrogens (tertiary/aromatic N) is 1. The Hall–Kier alpha value is -9.54. The number of fused-ring (bicyclic) bond motifs is 8. The minimum Gasteiger partial charge on any atom is -0.490 e. The van der Waals surface area contributed by atoms with Crippen LogP contribution in [0.15, 0.2) is 97.1 Å². The molecular formula is C111H157NO26. The van der Waals surface area contributed by atoms with Crippen LogP contribution in [0.4, 0.5) is 4.79 Å². The average molecular weight is 1920 g/mol. The minimum atomic E-state index is -0.996. The third kappa shape index (κ3) is 31.7. The van der Waals surface area contributed by atoms with Gasteiger partial charge in [-0.3, -0.25) is 4.79 Å². The molecule has 0 radical (unpaired) electrons. The number of aliphatic hydroxyl groups excluding tert-OH is 4. The van der Waals surface area contributed by atoms with Crippen molar-refractivity contribution < 1.29 is 127 Å². The van der Waals surface area contributed by atoms with E-state index in [0.29, 0.717) is 88.4 Å². The lowest BCUT2D eigenvalue weighted by molar-refractivity contribution is -0.150. The summed E-state index contributed by atoms with van der Waals surface area (Å²) in [6.07, 6.45) is 33.1. The van der Waals surface area contributed by atoms with Gasteiger partial charge in [0, 0.05) is 19.5 Å². The van der Waals surface area contributed by atoms with Crippen LogP contribution in [-0.4, -0.2) is 199 Å². The molecule has 1 aliphatic heterocycles. The van der Waals surface area contributed by atoms with E-state index in [1.807, 2.05) is 60.4 Å². The van der Waals surface area contributed by atoms with Crippen molar-refractivity contribution in [2.45, 2.75) is 341 Å². The van der Waals surface area contributed by atoms with Gasteiger partial charge in [0.15, 0.2) is 26.4 Å². The molecule has 138 heavy (non-hydrogen) atoms. The number of benzene rings is 5. The molecule has 0 bridgehead atoms. The highest BCUT2D eigenvalue weighted by Gasteiger charge is 2.50. The maximum atomic E-state index is 12.9. The van der Waals surface area contributed by atoms with Crippen molar-refractivity contribution >= 4 is 47.9 Å². The van der Waals surface area contributed by atoms with Crippen molar-refractivity contribution in [1.82, 2.24) is 4.90 Å². The van der Waals surface area contributed by atoms with Crippen LogP contribution >= 0.6 is 0 Å². The number of aliphatic carboxylic acids is 5. The zero-order valence-electron chi connectivity index (χ0n) is 82.3. The summed E-state index contributed by atoms with van der Waals surface area (Å²) in [5, 5.41) is 98.3. The van der Waals surface area contributed by atoms with Gasteiger partial charge in [0.1, 0.15) is 53.1 Å². The Kier molecular flexibility index (Phi) is 43.4. The van der Waals surface area contributed by atoms with Crippen LogP contribution in [0, 0.1) is 76.9 Å². The first-order chi connectivity index (χ1) is 66.5. The smallest absolute Gasteiger partial charge is 0.410 e. The van der Waals surface area contributed by atoms with Gasteiger partial charge in [-0.15, -0.1) is 0 Å². The van der Waals surface area contributed by atoms with Crippen molar-refractivity contribution in [1.29, 1.82) is 0 Å². The Morgan fingerprint density at radius 1 is 0.348 bits per heavy atom. The molecule has 0 unspecified atom stereocenters. The number of rotatable bonds is 49. The van der Waals surface area contributed by atoms with Crippen LogP contribution in [0.2, 0.25) is 0 Å². The van der Waals surface area contributed by atoms with E-state index in [1.54, 1.807) is 24.3 Å². The molecular weight excluding hydrogens is 1760 g/mol. The van der Waals surface area contributed by atoms with Crippen LogP contribution in [0.5, 0.6) is 28.7 Å². The second kappa shape index (κ2) is 55.0. The monoisotopic (exact) mass is 1920 g/mol. The molecule has 27 nitrogen and oxygen atoms in total. The van der Waals surface area contributed by atoms with Gasteiger partial charge in [0.05, 0.1) is 36.6 Å². The van der Waals surface area contributed by atoms with E-state index in [0.717, 1.165) is 279 Å². The molecule has 14 rings (SSSR count). The van der Waals surface area contributed by atoms with E-state index >= 15 is 0 Å². The Balaban J connectivity index is 0.000000177. The quantitative estimate of drug-likeness (QED) is 0.0128. The molecule has 27 heteroatoms. The summed E-state index contributed by atoms with van der Waals surface area (Å²) in [5.74, 6) is 1.21. The highest BCUT2D eigenvalue weighted by Crippen LogP contribution is 2.54. The van der Waals surface area contributed by atoms with E-state index < -0.39 is 41.9 Å². The number of carbonyl (C=O) groups excluding carboxylic acids is 2. The summed E-state index contributed by atoms with van der Waals surface area (Å²) in [5.41, 5.74) is 9.27. The zero-order valence-corrected chi connectivity index (χ0v) is 82.3. The minimum absolute atomic E-state index is 0.0628. The molecule has 5 aromatic carbocycles. The molecule has 5 fully saturated rings. The topological polar surface area (TPSA) is 416 Å². The molecule has 0 aromatic heterocycles. The fourth-order valence-electron chi connectivity index (χ4n) is 24.2.